The molecule has 0 saturated heterocycles. The second kappa shape index (κ2) is 10.9. The van der Waals surface area contributed by atoms with Crippen molar-refractivity contribution in [2.75, 3.05) is 7.11 Å². The highest BCUT2D eigenvalue weighted by Gasteiger charge is 2.28. The van der Waals surface area contributed by atoms with Crippen molar-refractivity contribution in [1.82, 2.24) is 10.6 Å². The van der Waals surface area contributed by atoms with E-state index in [2.05, 4.69) is 10.6 Å². The van der Waals surface area contributed by atoms with Gasteiger partial charge in [0.2, 0.25) is 11.8 Å². The summed E-state index contributed by atoms with van der Waals surface area (Å²) in [5.74, 6) is -2.79. The lowest BCUT2D eigenvalue weighted by molar-refractivity contribution is -0.146. The quantitative estimate of drug-likeness (QED) is 0.646. The van der Waals surface area contributed by atoms with E-state index in [0.717, 1.165) is 43.9 Å². The number of methoxy groups -OCH3 is 1. The topological polar surface area (TPSA) is 84.5 Å². The molecule has 1 aliphatic carbocycles. The van der Waals surface area contributed by atoms with Crippen LogP contribution in [0.2, 0.25) is 0 Å². The van der Waals surface area contributed by atoms with Crippen molar-refractivity contribution in [3.8, 4) is 0 Å². The van der Waals surface area contributed by atoms with Gasteiger partial charge in [-0.25, -0.2) is 13.6 Å². The van der Waals surface area contributed by atoms with Crippen LogP contribution in [-0.4, -0.2) is 37.0 Å². The SMILES string of the molecule is COC(=O)[C@H](CC1CCCCC1)NC(=O)[C@H](C)NC(=O)Cc1cc(F)cc(F)c1. The van der Waals surface area contributed by atoms with E-state index in [-0.39, 0.29) is 12.0 Å². The molecule has 8 heteroatoms. The number of nitrogens with one attached hydrogen (secondary N) is 2. The van der Waals surface area contributed by atoms with E-state index in [9.17, 15) is 23.2 Å². The molecule has 0 aliphatic heterocycles. The lowest BCUT2D eigenvalue weighted by Gasteiger charge is -2.26. The largest absolute Gasteiger partial charge is 0.467 e. The number of rotatable bonds is 8. The first-order valence-electron chi connectivity index (χ1n) is 9.91. The zero-order valence-corrected chi connectivity index (χ0v) is 16.8. The minimum atomic E-state index is -0.917. The number of esters is 1. The maximum Gasteiger partial charge on any atom is 0.328 e. The molecular formula is C21H28F2N2O4. The average molecular weight is 410 g/mol. The van der Waals surface area contributed by atoms with Gasteiger partial charge in [-0.3, -0.25) is 9.59 Å². The molecule has 0 radical (unpaired) electrons. The summed E-state index contributed by atoms with van der Waals surface area (Å²) >= 11 is 0. The van der Waals surface area contributed by atoms with Gasteiger partial charge in [-0.05, 0) is 37.0 Å². The molecule has 0 heterocycles. The number of benzene rings is 1. The van der Waals surface area contributed by atoms with Gasteiger partial charge in [-0.2, -0.15) is 0 Å². The second-order valence-corrected chi connectivity index (χ2v) is 7.57. The molecule has 1 fully saturated rings. The molecule has 6 nitrogen and oxygen atoms in total. The van der Waals surface area contributed by atoms with E-state index < -0.39 is 41.5 Å². The Kier molecular flexibility index (Phi) is 8.54. The van der Waals surface area contributed by atoms with E-state index in [0.29, 0.717) is 12.3 Å². The minimum absolute atomic E-state index is 0.164. The highest BCUT2D eigenvalue weighted by molar-refractivity contribution is 5.90. The zero-order chi connectivity index (χ0) is 21.4. The summed E-state index contributed by atoms with van der Waals surface area (Å²) in [7, 11) is 1.27. The molecule has 2 rings (SSSR count). The first-order chi connectivity index (χ1) is 13.8. The number of carbonyl (C=O) groups excluding carboxylic acids is 3. The van der Waals surface area contributed by atoms with E-state index in [1.165, 1.54) is 20.5 Å². The van der Waals surface area contributed by atoms with Crippen molar-refractivity contribution in [3.63, 3.8) is 0 Å². The number of amides is 2. The Morgan fingerprint density at radius 1 is 1.07 bits per heavy atom. The molecule has 1 aromatic rings. The van der Waals surface area contributed by atoms with E-state index in [4.69, 9.17) is 4.74 Å². The standard InChI is InChI=1S/C21H28F2N2O4/c1-13(24-19(26)11-15-8-16(22)12-17(23)9-15)20(27)25-18(21(28)29-2)10-14-6-4-3-5-7-14/h8-9,12-14,18H,3-7,10-11H2,1-2H3,(H,24,26)(H,25,27)/t13-,18-/m0/s1. The summed E-state index contributed by atoms with van der Waals surface area (Å²) in [6.45, 7) is 1.48. The van der Waals surface area contributed by atoms with Crippen molar-refractivity contribution in [2.24, 2.45) is 5.92 Å². The number of halogens is 2. The number of hydrogen-bond donors (Lipinski definition) is 2. The fraction of sp³-hybridized carbons (Fsp3) is 0.571. The van der Waals surface area contributed by atoms with Crippen LogP contribution in [0.3, 0.4) is 0 Å². The zero-order valence-electron chi connectivity index (χ0n) is 16.8. The molecule has 2 N–H and O–H groups in total. The van der Waals surface area contributed by atoms with Crippen LogP contribution in [0.25, 0.3) is 0 Å². The van der Waals surface area contributed by atoms with Gasteiger partial charge in [-0.1, -0.05) is 32.1 Å². The van der Waals surface area contributed by atoms with Crippen molar-refractivity contribution in [3.05, 3.63) is 35.4 Å². The number of hydrogen-bond acceptors (Lipinski definition) is 4. The van der Waals surface area contributed by atoms with Gasteiger partial charge in [0.05, 0.1) is 13.5 Å². The second-order valence-electron chi connectivity index (χ2n) is 7.57. The summed E-state index contributed by atoms with van der Waals surface area (Å²) in [6, 6.07) is 1.15. The third-order valence-electron chi connectivity index (χ3n) is 5.15. The highest BCUT2D eigenvalue weighted by Crippen LogP contribution is 2.27. The van der Waals surface area contributed by atoms with Gasteiger partial charge >= 0.3 is 5.97 Å². The fourth-order valence-electron chi connectivity index (χ4n) is 3.67. The number of carbonyl (C=O) groups is 3. The molecule has 29 heavy (non-hydrogen) atoms. The monoisotopic (exact) mass is 410 g/mol. The maximum atomic E-state index is 13.2. The van der Waals surface area contributed by atoms with Gasteiger partial charge in [0.25, 0.3) is 0 Å². The fourth-order valence-corrected chi connectivity index (χ4v) is 3.67. The van der Waals surface area contributed by atoms with Crippen molar-refractivity contribution >= 4 is 17.8 Å². The lowest BCUT2D eigenvalue weighted by atomic mass is 9.85. The smallest absolute Gasteiger partial charge is 0.328 e. The van der Waals surface area contributed by atoms with Gasteiger partial charge in [0.15, 0.2) is 0 Å². The summed E-state index contributed by atoms with van der Waals surface area (Å²) in [4.78, 5) is 36.6. The Bertz CT molecular complexity index is 715. The van der Waals surface area contributed by atoms with Crippen LogP contribution < -0.4 is 10.6 Å². The average Bonchev–Trinajstić information content (AvgIpc) is 2.66. The third kappa shape index (κ3) is 7.44. The Morgan fingerprint density at radius 3 is 2.28 bits per heavy atom. The third-order valence-corrected chi connectivity index (χ3v) is 5.15. The van der Waals surface area contributed by atoms with Gasteiger partial charge in [-0.15, -0.1) is 0 Å². The van der Waals surface area contributed by atoms with Crippen molar-refractivity contribution in [2.45, 2.75) is 64.0 Å². The van der Waals surface area contributed by atoms with E-state index in [1.807, 2.05) is 0 Å². The first-order valence-corrected chi connectivity index (χ1v) is 9.91. The molecular weight excluding hydrogens is 382 g/mol. The molecule has 1 aliphatic rings. The molecule has 0 unspecified atom stereocenters. The van der Waals surface area contributed by atoms with Crippen LogP contribution in [0.5, 0.6) is 0 Å². The molecule has 0 spiro atoms. The Balaban J connectivity index is 1.90. The van der Waals surface area contributed by atoms with Gasteiger partial charge in [0, 0.05) is 6.07 Å². The highest BCUT2D eigenvalue weighted by atomic mass is 19.1. The predicted octanol–water partition coefficient (Wildman–Crippen LogP) is 2.64. The van der Waals surface area contributed by atoms with Crippen LogP contribution in [0.15, 0.2) is 18.2 Å². The normalized spacial score (nSPS) is 16.6. The molecule has 2 amide bonds. The van der Waals surface area contributed by atoms with E-state index in [1.54, 1.807) is 0 Å². The molecule has 1 saturated carbocycles. The van der Waals surface area contributed by atoms with Crippen molar-refractivity contribution in [1.29, 1.82) is 0 Å². The Morgan fingerprint density at radius 2 is 1.69 bits per heavy atom. The summed E-state index contributed by atoms with van der Waals surface area (Å²) in [5, 5.41) is 5.14. The summed E-state index contributed by atoms with van der Waals surface area (Å²) in [5.41, 5.74) is 0.164. The Hall–Kier alpha value is -2.51. The predicted molar refractivity (Wildman–Crippen MR) is 103 cm³/mol. The van der Waals surface area contributed by atoms with Gasteiger partial charge < -0.3 is 15.4 Å². The molecule has 0 bridgehead atoms. The van der Waals surface area contributed by atoms with Gasteiger partial charge in [0.1, 0.15) is 23.7 Å². The summed E-state index contributed by atoms with van der Waals surface area (Å²) < 4.78 is 31.3. The van der Waals surface area contributed by atoms with Crippen LogP contribution in [0.1, 0.15) is 51.0 Å². The maximum absolute atomic E-state index is 13.2. The first kappa shape index (κ1) is 22.8. The summed E-state index contributed by atoms with van der Waals surface area (Å²) in [6.07, 6.45) is 5.67. The minimum Gasteiger partial charge on any atom is -0.467 e. The molecule has 0 aromatic heterocycles. The van der Waals surface area contributed by atoms with Crippen molar-refractivity contribution < 1.29 is 27.9 Å². The van der Waals surface area contributed by atoms with Crippen LogP contribution in [0, 0.1) is 17.6 Å². The van der Waals surface area contributed by atoms with Crippen LogP contribution in [0.4, 0.5) is 8.78 Å². The number of ether oxygens (including phenoxy) is 1. The van der Waals surface area contributed by atoms with Crippen LogP contribution in [-0.2, 0) is 25.5 Å². The molecule has 160 valence electrons. The Labute approximate surface area is 169 Å². The molecule has 1 aromatic carbocycles. The lowest BCUT2D eigenvalue weighted by Crippen LogP contribution is -2.51. The molecule has 2 atom stereocenters. The van der Waals surface area contributed by atoms with Crippen LogP contribution >= 0.6 is 0 Å². The van der Waals surface area contributed by atoms with E-state index >= 15 is 0 Å².